The van der Waals surface area contributed by atoms with Crippen molar-refractivity contribution in [2.24, 2.45) is 0 Å². The molecule has 0 aromatic rings. The molecule has 0 bridgehead atoms. The van der Waals surface area contributed by atoms with Crippen LogP contribution in [0.1, 0.15) is 13.3 Å². The summed E-state index contributed by atoms with van der Waals surface area (Å²) in [6.07, 6.45) is -8.72. The van der Waals surface area contributed by atoms with E-state index in [-0.39, 0.29) is 0 Å². The van der Waals surface area contributed by atoms with E-state index in [0.29, 0.717) is 0 Å². The molecule has 0 spiro atoms. The number of carboxylic acids is 1. The highest BCUT2D eigenvalue weighted by molar-refractivity contribution is 7.80. The van der Waals surface area contributed by atoms with Gasteiger partial charge in [-0.05, 0) is 0 Å². The van der Waals surface area contributed by atoms with Crippen molar-refractivity contribution in [3.8, 4) is 0 Å². The average Bonchev–Trinajstić information content (AvgIpc) is 2.45. The summed E-state index contributed by atoms with van der Waals surface area (Å²) in [6.45, 7) is -0.137. The van der Waals surface area contributed by atoms with Gasteiger partial charge in [0, 0.05) is 13.3 Å². The van der Waals surface area contributed by atoms with E-state index in [1.54, 1.807) is 0 Å². The number of rotatable bonds is 7. The molecular weight excluding hydrogens is 370 g/mol. The summed E-state index contributed by atoms with van der Waals surface area (Å²) in [5, 5.41) is 50.3. The van der Waals surface area contributed by atoms with Crippen molar-refractivity contribution in [2.45, 2.75) is 49.6 Å². The quantitative estimate of drug-likeness (QED) is 0.207. The van der Waals surface area contributed by atoms with Gasteiger partial charge in [-0.25, -0.2) is 8.98 Å². The lowest BCUT2D eigenvalue weighted by atomic mass is 9.88. The molecule has 1 heterocycles. The zero-order valence-corrected chi connectivity index (χ0v) is 13.7. The van der Waals surface area contributed by atoms with E-state index in [4.69, 9.17) is 19.5 Å². The van der Waals surface area contributed by atoms with E-state index in [2.05, 4.69) is 9.50 Å². The number of ether oxygens (including phenoxy) is 1. The van der Waals surface area contributed by atoms with Gasteiger partial charge in [0.1, 0.15) is 18.3 Å². The number of carboxylic acid groups (broad SMARTS) is 1. The Kier molecular flexibility index (Phi) is 6.82. The smallest absolute Gasteiger partial charge is 0.397 e. The highest BCUT2D eigenvalue weighted by Crippen LogP contribution is 2.31. The van der Waals surface area contributed by atoms with Crippen LogP contribution in [0.25, 0.3) is 0 Å². The van der Waals surface area contributed by atoms with Gasteiger partial charge in [-0.3, -0.25) is 9.35 Å². The lowest BCUT2D eigenvalue weighted by Gasteiger charge is -2.44. The van der Waals surface area contributed by atoms with Crippen LogP contribution >= 0.6 is 0 Å². The number of hydrogen-bond acceptors (Lipinski definition) is 10. The van der Waals surface area contributed by atoms with Crippen molar-refractivity contribution in [1.82, 2.24) is 5.32 Å². The molecular formula is C11H19NO12S. The zero-order chi connectivity index (χ0) is 19.6. The molecule has 25 heavy (non-hydrogen) atoms. The molecule has 0 aliphatic carbocycles. The Labute approximate surface area is 141 Å². The fourth-order valence-electron chi connectivity index (χ4n) is 2.37. The Hall–Kier alpha value is -1.39. The lowest BCUT2D eigenvalue weighted by Crippen LogP contribution is -2.67. The van der Waals surface area contributed by atoms with Crippen LogP contribution in [0.5, 0.6) is 0 Å². The van der Waals surface area contributed by atoms with Crippen molar-refractivity contribution in [3.63, 3.8) is 0 Å². The standard InChI is InChI=1S/C11H19NO12S/c1-4(14)12-7-5(15)2-11(19,10(17)18)23-9(7)8(16)6(3-13)24-25(20,21)22/h5-9,13,15-16,19H,2-3H2,1H3,(H,12,14)(H,17,18)(H,20,21,22)/t5-,6+,7+,8+,9+,11?/m0/s1. The first-order valence-electron chi connectivity index (χ1n) is 6.84. The normalized spacial score (nSPS) is 32.6. The Balaban J connectivity index is 3.19. The molecule has 1 saturated heterocycles. The topological polar surface area (TPSA) is 220 Å². The number of carbonyl (C=O) groups excluding carboxylic acids is 1. The Morgan fingerprint density at radius 2 is 2.00 bits per heavy atom. The highest BCUT2D eigenvalue weighted by atomic mass is 32.3. The van der Waals surface area contributed by atoms with Crippen LogP contribution < -0.4 is 5.32 Å². The van der Waals surface area contributed by atoms with Gasteiger partial charge in [-0.15, -0.1) is 0 Å². The summed E-state index contributed by atoms with van der Waals surface area (Å²) in [6, 6.07) is -1.48. The first kappa shape index (κ1) is 21.7. The monoisotopic (exact) mass is 389 g/mol. The van der Waals surface area contributed by atoms with E-state index in [0.717, 1.165) is 6.92 Å². The molecule has 0 radical (unpaired) electrons. The van der Waals surface area contributed by atoms with Gasteiger partial charge in [-0.2, -0.15) is 8.42 Å². The van der Waals surface area contributed by atoms with E-state index >= 15 is 0 Å². The van der Waals surface area contributed by atoms with Crippen LogP contribution in [-0.4, -0.2) is 93.2 Å². The molecule has 1 unspecified atom stereocenters. The molecule has 7 N–H and O–H groups in total. The van der Waals surface area contributed by atoms with Crippen LogP contribution in [0.3, 0.4) is 0 Å². The Bertz CT molecular complexity index is 608. The largest absolute Gasteiger partial charge is 0.477 e. The summed E-state index contributed by atoms with van der Waals surface area (Å²) in [7, 11) is -5.12. The third kappa shape index (κ3) is 5.55. The molecule has 1 fully saturated rings. The summed E-state index contributed by atoms with van der Waals surface area (Å²) in [5.41, 5.74) is 0. The Morgan fingerprint density at radius 3 is 2.40 bits per heavy atom. The second-order valence-corrected chi connectivity index (χ2v) is 6.45. The molecule has 0 saturated carbocycles. The third-order valence-corrected chi connectivity index (χ3v) is 3.92. The van der Waals surface area contributed by atoms with Crippen molar-refractivity contribution < 1.29 is 57.0 Å². The molecule has 0 aromatic heterocycles. The number of carbonyl (C=O) groups is 2. The van der Waals surface area contributed by atoms with E-state index in [9.17, 15) is 33.3 Å². The third-order valence-electron chi connectivity index (χ3n) is 3.43. The van der Waals surface area contributed by atoms with Crippen molar-refractivity contribution in [2.75, 3.05) is 6.61 Å². The van der Waals surface area contributed by atoms with Gasteiger partial charge in [-0.1, -0.05) is 0 Å². The second-order valence-electron chi connectivity index (χ2n) is 5.41. The molecule has 0 aromatic carbocycles. The van der Waals surface area contributed by atoms with E-state index in [1.807, 2.05) is 0 Å². The van der Waals surface area contributed by atoms with Gasteiger partial charge < -0.3 is 35.6 Å². The first-order valence-corrected chi connectivity index (χ1v) is 8.20. The molecule has 1 rings (SSSR count). The SMILES string of the molecule is CC(=O)N[C@H]1[C@H]([C@H](O)[C@@H](CO)OS(=O)(=O)O)OC(O)(C(=O)O)C[C@@H]1O. The van der Waals surface area contributed by atoms with Gasteiger partial charge >= 0.3 is 16.4 Å². The molecule has 14 heteroatoms. The number of hydrogen-bond donors (Lipinski definition) is 7. The minimum Gasteiger partial charge on any atom is -0.477 e. The zero-order valence-electron chi connectivity index (χ0n) is 12.8. The predicted molar refractivity (Wildman–Crippen MR) is 75.2 cm³/mol. The maximum atomic E-state index is 11.2. The molecule has 6 atom stereocenters. The molecule has 146 valence electrons. The second kappa shape index (κ2) is 7.88. The summed E-state index contributed by atoms with van der Waals surface area (Å²) >= 11 is 0. The van der Waals surface area contributed by atoms with Gasteiger partial charge in [0.15, 0.2) is 0 Å². The van der Waals surface area contributed by atoms with Crippen molar-refractivity contribution >= 4 is 22.3 Å². The fourth-order valence-corrected chi connectivity index (χ4v) is 2.86. The number of nitrogens with one attached hydrogen (secondary N) is 1. The van der Waals surface area contributed by atoms with Crippen molar-refractivity contribution in [1.29, 1.82) is 0 Å². The average molecular weight is 389 g/mol. The van der Waals surface area contributed by atoms with E-state index in [1.165, 1.54) is 0 Å². The fraction of sp³-hybridized carbons (Fsp3) is 0.818. The molecule has 13 nitrogen and oxygen atoms in total. The first-order chi connectivity index (χ1) is 11.3. The van der Waals surface area contributed by atoms with Crippen LogP contribution in [0.4, 0.5) is 0 Å². The summed E-state index contributed by atoms with van der Waals surface area (Å²) in [4.78, 5) is 22.3. The van der Waals surface area contributed by atoms with E-state index < -0.39 is 71.5 Å². The Morgan fingerprint density at radius 1 is 1.44 bits per heavy atom. The lowest BCUT2D eigenvalue weighted by molar-refractivity contribution is -0.294. The minimum atomic E-state index is -5.12. The molecule has 1 amide bonds. The van der Waals surface area contributed by atoms with Gasteiger partial charge in [0.25, 0.3) is 5.79 Å². The highest BCUT2D eigenvalue weighted by Gasteiger charge is 2.54. The maximum absolute atomic E-state index is 11.2. The molecule has 1 aliphatic rings. The van der Waals surface area contributed by atoms with Crippen LogP contribution in [-0.2, 0) is 28.9 Å². The number of aliphatic hydroxyl groups excluding tert-OH is 3. The molecule has 1 aliphatic heterocycles. The summed E-state index contributed by atoms with van der Waals surface area (Å²) < 4.78 is 39.0. The van der Waals surface area contributed by atoms with Gasteiger partial charge in [0.05, 0.1) is 18.8 Å². The van der Waals surface area contributed by atoms with Crippen LogP contribution in [0.2, 0.25) is 0 Å². The number of aliphatic hydroxyl groups is 4. The predicted octanol–water partition coefficient (Wildman–Crippen LogP) is -4.04. The van der Waals surface area contributed by atoms with Gasteiger partial charge in [0.2, 0.25) is 5.91 Å². The maximum Gasteiger partial charge on any atom is 0.397 e. The van der Waals surface area contributed by atoms with Crippen molar-refractivity contribution in [3.05, 3.63) is 0 Å². The number of aliphatic carboxylic acids is 1. The minimum absolute atomic E-state index is 0.720. The van der Waals surface area contributed by atoms with Crippen LogP contribution in [0.15, 0.2) is 0 Å². The number of amides is 1. The van der Waals surface area contributed by atoms with Crippen LogP contribution in [0, 0.1) is 0 Å². The summed E-state index contributed by atoms with van der Waals surface area (Å²) in [5.74, 6) is -5.60.